The molecule has 14 nitrogen and oxygen atoms in total. The molecule has 15 heteroatoms. The fourth-order valence-electron chi connectivity index (χ4n) is 2.39. The average Bonchev–Trinajstić information content (AvgIpc) is 2.66. The molecule has 0 aromatic rings. The molecule has 0 aliphatic rings. The van der Waals surface area contributed by atoms with Crippen LogP contribution in [0, 0.1) is 0 Å². The zero-order valence-corrected chi connectivity index (χ0v) is 18.4. The molecule has 0 aromatic heterocycles. The van der Waals surface area contributed by atoms with E-state index in [0.29, 0.717) is 5.75 Å². The van der Waals surface area contributed by atoms with E-state index in [4.69, 9.17) is 21.7 Å². The second-order valence-corrected chi connectivity index (χ2v) is 7.83. The predicted octanol–water partition coefficient (Wildman–Crippen LogP) is -3.66. The quantitative estimate of drug-likeness (QED) is 0.114. The smallest absolute Gasteiger partial charge is 0.328 e. The van der Waals surface area contributed by atoms with Gasteiger partial charge in [0.25, 0.3) is 0 Å². The Morgan fingerprint density at radius 1 is 0.906 bits per heavy atom. The van der Waals surface area contributed by atoms with Gasteiger partial charge in [-0.15, -0.1) is 0 Å². The minimum absolute atomic E-state index is 0.0782. The number of hydrogen-bond acceptors (Lipinski definition) is 9. The minimum atomic E-state index is -1.74. The van der Waals surface area contributed by atoms with Crippen LogP contribution < -0.4 is 27.4 Å². The number of carboxylic acid groups (broad SMARTS) is 2. The summed E-state index contributed by atoms with van der Waals surface area (Å²) in [4.78, 5) is 70.4. The number of aliphatic hydroxyl groups excluding tert-OH is 1. The number of nitrogens with one attached hydrogen (secondary N) is 3. The van der Waals surface area contributed by atoms with Crippen LogP contribution in [-0.4, -0.2) is 93.2 Å². The summed E-state index contributed by atoms with van der Waals surface area (Å²) >= 11 is 1.34. The van der Waals surface area contributed by atoms with Gasteiger partial charge in [-0.3, -0.25) is 24.0 Å². The van der Waals surface area contributed by atoms with Crippen LogP contribution in [0.3, 0.4) is 0 Å². The summed E-state index contributed by atoms with van der Waals surface area (Å²) in [5.74, 6) is -6.42. The van der Waals surface area contributed by atoms with Crippen LogP contribution >= 0.6 is 11.8 Å². The molecule has 0 rings (SSSR count). The van der Waals surface area contributed by atoms with Crippen molar-refractivity contribution in [3.8, 4) is 0 Å². The monoisotopic (exact) mass is 479 g/mol. The third kappa shape index (κ3) is 10.9. The molecule has 5 unspecified atom stereocenters. The molecule has 0 saturated carbocycles. The molecule has 0 spiro atoms. The van der Waals surface area contributed by atoms with E-state index in [0.717, 1.165) is 6.92 Å². The van der Waals surface area contributed by atoms with Gasteiger partial charge in [0.05, 0.1) is 25.0 Å². The highest BCUT2D eigenvalue weighted by Gasteiger charge is 2.33. The largest absolute Gasteiger partial charge is 0.481 e. The number of primary amides is 1. The molecule has 0 aromatic carbocycles. The molecule has 182 valence electrons. The second-order valence-electron chi connectivity index (χ2n) is 6.84. The lowest BCUT2D eigenvalue weighted by Crippen LogP contribution is -2.58. The van der Waals surface area contributed by atoms with E-state index < -0.39 is 78.7 Å². The average molecular weight is 480 g/mol. The molecular formula is C17H29N5O9S. The van der Waals surface area contributed by atoms with Gasteiger partial charge in [-0.2, -0.15) is 11.8 Å². The number of carbonyl (C=O) groups excluding carboxylic acids is 4. The summed E-state index contributed by atoms with van der Waals surface area (Å²) in [5.41, 5.74) is 10.5. The lowest BCUT2D eigenvalue weighted by molar-refractivity contribution is -0.146. The third-order valence-corrected chi connectivity index (χ3v) is 4.70. The van der Waals surface area contributed by atoms with Crippen LogP contribution in [0.15, 0.2) is 0 Å². The topological polar surface area (TPSA) is 251 Å². The van der Waals surface area contributed by atoms with Crippen molar-refractivity contribution in [3.63, 3.8) is 0 Å². The molecule has 0 fully saturated rings. The van der Waals surface area contributed by atoms with E-state index in [1.807, 2.05) is 5.32 Å². The summed E-state index contributed by atoms with van der Waals surface area (Å²) in [7, 11) is 0. The van der Waals surface area contributed by atoms with Gasteiger partial charge >= 0.3 is 11.9 Å². The van der Waals surface area contributed by atoms with Crippen molar-refractivity contribution in [2.75, 3.05) is 12.0 Å². The van der Waals surface area contributed by atoms with Crippen molar-refractivity contribution in [2.24, 2.45) is 11.5 Å². The Morgan fingerprint density at radius 2 is 1.44 bits per heavy atom. The fourth-order valence-corrected chi connectivity index (χ4v) is 2.86. The van der Waals surface area contributed by atoms with Crippen molar-refractivity contribution in [3.05, 3.63) is 0 Å². The van der Waals surface area contributed by atoms with E-state index in [1.54, 1.807) is 6.26 Å². The highest BCUT2D eigenvalue weighted by atomic mass is 32.2. The third-order valence-electron chi connectivity index (χ3n) is 4.06. The summed E-state index contributed by atoms with van der Waals surface area (Å²) in [6.07, 6.45) is -1.05. The van der Waals surface area contributed by atoms with Crippen LogP contribution in [0.5, 0.6) is 0 Å². The van der Waals surface area contributed by atoms with Gasteiger partial charge in [0.15, 0.2) is 6.04 Å². The Balaban J connectivity index is 5.48. The molecule has 0 bridgehead atoms. The highest BCUT2D eigenvalue weighted by Crippen LogP contribution is 2.05. The van der Waals surface area contributed by atoms with Gasteiger partial charge in [0, 0.05) is 0 Å². The standard InChI is InChI=1S/C17H29N5O9S/c1-7(23)13(17(30)31)22-16(29)10(6-12(25)26)21-15(28)9(3-4-32-2)20-14(27)8(18)5-11(19)24/h7-10,13,23H,3-6,18H2,1-2H3,(H2,19,24)(H,20,27)(H,21,28)(H,22,29)(H,25,26)(H,30,31). The first-order valence-electron chi connectivity index (χ1n) is 9.36. The summed E-state index contributed by atoms with van der Waals surface area (Å²) < 4.78 is 0. The molecule has 0 heterocycles. The predicted molar refractivity (Wildman–Crippen MR) is 112 cm³/mol. The van der Waals surface area contributed by atoms with Crippen LogP contribution in [0.4, 0.5) is 0 Å². The van der Waals surface area contributed by atoms with Gasteiger partial charge in [0.1, 0.15) is 12.1 Å². The maximum absolute atomic E-state index is 12.7. The molecule has 0 aliphatic heterocycles. The first kappa shape index (κ1) is 29.1. The summed E-state index contributed by atoms with van der Waals surface area (Å²) in [5, 5.41) is 34.0. The Bertz CT molecular complexity index is 719. The molecule has 32 heavy (non-hydrogen) atoms. The van der Waals surface area contributed by atoms with Crippen LogP contribution in [-0.2, 0) is 28.8 Å². The van der Waals surface area contributed by atoms with Crippen LogP contribution in [0.25, 0.3) is 0 Å². The number of aliphatic carboxylic acids is 2. The van der Waals surface area contributed by atoms with E-state index >= 15 is 0 Å². The van der Waals surface area contributed by atoms with Crippen molar-refractivity contribution in [1.82, 2.24) is 16.0 Å². The molecule has 10 N–H and O–H groups in total. The summed E-state index contributed by atoms with van der Waals surface area (Å²) in [6, 6.07) is -5.99. The zero-order chi connectivity index (χ0) is 25.0. The van der Waals surface area contributed by atoms with E-state index in [1.165, 1.54) is 11.8 Å². The number of aliphatic hydroxyl groups is 1. The SMILES string of the molecule is CSCCC(NC(=O)C(N)CC(N)=O)C(=O)NC(CC(=O)O)C(=O)NC(C(=O)O)C(C)O. The van der Waals surface area contributed by atoms with E-state index in [9.17, 15) is 33.9 Å². The normalized spacial score (nSPS) is 15.4. The van der Waals surface area contributed by atoms with Crippen molar-refractivity contribution in [1.29, 1.82) is 0 Å². The number of thioether (sulfide) groups is 1. The Labute approximate surface area is 187 Å². The number of rotatable bonds is 15. The van der Waals surface area contributed by atoms with Gasteiger partial charge in [-0.05, 0) is 25.4 Å². The summed E-state index contributed by atoms with van der Waals surface area (Å²) in [6.45, 7) is 1.10. The first-order chi connectivity index (χ1) is 14.8. The van der Waals surface area contributed by atoms with Gasteiger partial charge in [0.2, 0.25) is 23.6 Å². The van der Waals surface area contributed by atoms with Crippen molar-refractivity contribution < 1.29 is 44.1 Å². The highest BCUT2D eigenvalue weighted by molar-refractivity contribution is 7.98. The number of carboxylic acids is 2. The van der Waals surface area contributed by atoms with Gasteiger partial charge in [-0.25, -0.2) is 4.79 Å². The molecular weight excluding hydrogens is 450 g/mol. The number of nitrogens with two attached hydrogens (primary N) is 2. The van der Waals surface area contributed by atoms with Gasteiger partial charge in [-0.1, -0.05) is 0 Å². The number of hydrogen-bond donors (Lipinski definition) is 8. The first-order valence-corrected chi connectivity index (χ1v) is 10.8. The minimum Gasteiger partial charge on any atom is -0.481 e. The van der Waals surface area contributed by atoms with Crippen molar-refractivity contribution in [2.45, 2.75) is 56.5 Å². The maximum atomic E-state index is 12.7. The maximum Gasteiger partial charge on any atom is 0.328 e. The van der Waals surface area contributed by atoms with Crippen LogP contribution in [0.1, 0.15) is 26.2 Å². The fraction of sp³-hybridized carbons (Fsp3) is 0.647. The van der Waals surface area contributed by atoms with E-state index in [2.05, 4.69) is 10.6 Å². The Hall–Kier alpha value is -2.91. The zero-order valence-electron chi connectivity index (χ0n) is 17.6. The van der Waals surface area contributed by atoms with Crippen LogP contribution in [0.2, 0.25) is 0 Å². The lowest BCUT2D eigenvalue weighted by Gasteiger charge is -2.25. The lowest BCUT2D eigenvalue weighted by atomic mass is 10.1. The molecule has 0 saturated heterocycles. The Kier molecular flexibility index (Phi) is 12.9. The Morgan fingerprint density at radius 3 is 1.88 bits per heavy atom. The number of amides is 4. The molecule has 0 aliphatic carbocycles. The molecule has 0 radical (unpaired) electrons. The van der Waals surface area contributed by atoms with Gasteiger partial charge < -0.3 is 42.7 Å². The van der Waals surface area contributed by atoms with Crippen molar-refractivity contribution >= 4 is 47.3 Å². The number of carbonyl (C=O) groups is 6. The molecule has 5 atom stereocenters. The molecule has 4 amide bonds. The van der Waals surface area contributed by atoms with E-state index in [-0.39, 0.29) is 6.42 Å². The second kappa shape index (κ2) is 14.2.